The highest BCUT2D eigenvalue weighted by Gasteiger charge is 2.27. The normalized spacial score (nSPS) is 13.2. The molecule has 0 aromatic rings. The van der Waals surface area contributed by atoms with E-state index in [-0.39, 0.29) is 13.2 Å². The van der Waals surface area contributed by atoms with Gasteiger partial charge in [0.15, 0.2) is 0 Å². The molecular formula is C9H20F3N3O3S. The van der Waals surface area contributed by atoms with Crippen LogP contribution in [-0.2, 0) is 14.9 Å². The van der Waals surface area contributed by atoms with Crippen molar-refractivity contribution in [1.29, 1.82) is 0 Å². The second-order valence-corrected chi connectivity index (χ2v) is 5.71. The third kappa shape index (κ3) is 10.1. The Labute approximate surface area is 111 Å². The van der Waals surface area contributed by atoms with E-state index in [9.17, 15) is 21.6 Å². The van der Waals surface area contributed by atoms with Gasteiger partial charge in [0.05, 0.1) is 6.61 Å². The zero-order valence-corrected chi connectivity index (χ0v) is 11.8. The number of ether oxygens (including phenoxy) is 1. The molecule has 0 saturated heterocycles. The van der Waals surface area contributed by atoms with Crippen LogP contribution in [0.4, 0.5) is 13.2 Å². The van der Waals surface area contributed by atoms with Crippen molar-refractivity contribution in [3.8, 4) is 0 Å². The fourth-order valence-corrected chi connectivity index (χ4v) is 2.07. The molecule has 19 heavy (non-hydrogen) atoms. The highest BCUT2D eigenvalue weighted by atomic mass is 32.2. The molecule has 0 spiro atoms. The average Bonchev–Trinajstić information content (AvgIpc) is 2.27. The van der Waals surface area contributed by atoms with Gasteiger partial charge in [-0.15, -0.1) is 0 Å². The van der Waals surface area contributed by atoms with Gasteiger partial charge in [-0.25, -0.2) is 0 Å². The second-order valence-electron chi connectivity index (χ2n) is 3.85. The third-order valence-electron chi connectivity index (χ3n) is 2.11. The largest absolute Gasteiger partial charge is 0.411 e. The van der Waals surface area contributed by atoms with Crippen molar-refractivity contribution in [3.05, 3.63) is 0 Å². The number of nitrogens with zero attached hydrogens (tertiary/aromatic N) is 1. The van der Waals surface area contributed by atoms with Gasteiger partial charge in [0.2, 0.25) is 0 Å². The van der Waals surface area contributed by atoms with E-state index in [1.165, 1.54) is 7.05 Å². The first-order valence-corrected chi connectivity index (χ1v) is 7.13. The Hall–Kier alpha value is -0.420. The molecule has 10 heteroatoms. The van der Waals surface area contributed by atoms with Crippen LogP contribution in [0.2, 0.25) is 0 Å². The van der Waals surface area contributed by atoms with Crippen molar-refractivity contribution in [2.24, 2.45) is 0 Å². The summed E-state index contributed by atoms with van der Waals surface area (Å²) in [6, 6.07) is 0. The molecule has 0 atom stereocenters. The lowest BCUT2D eigenvalue weighted by atomic mass is 10.4. The quantitative estimate of drug-likeness (QED) is 0.555. The molecule has 2 N–H and O–H groups in total. The fraction of sp³-hybridized carbons (Fsp3) is 1.00. The molecule has 0 aliphatic heterocycles. The van der Waals surface area contributed by atoms with E-state index in [2.05, 4.69) is 14.8 Å². The lowest BCUT2D eigenvalue weighted by Gasteiger charge is -2.17. The summed E-state index contributed by atoms with van der Waals surface area (Å²) in [6.45, 7) is -0.918. The van der Waals surface area contributed by atoms with E-state index in [1.807, 2.05) is 0 Å². The van der Waals surface area contributed by atoms with Gasteiger partial charge in [-0.05, 0) is 20.0 Å². The number of alkyl halides is 3. The summed E-state index contributed by atoms with van der Waals surface area (Å²) in [6.07, 6.45) is -3.76. The van der Waals surface area contributed by atoms with Gasteiger partial charge in [-0.2, -0.15) is 30.6 Å². The van der Waals surface area contributed by atoms with E-state index >= 15 is 0 Å². The topological polar surface area (TPSA) is 70.7 Å². The summed E-state index contributed by atoms with van der Waals surface area (Å²) in [5.41, 5.74) is 0. The number of halogens is 3. The molecule has 0 heterocycles. The van der Waals surface area contributed by atoms with Gasteiger partial charge < -0.3 is 10.1 Å². The molecular weight excluding hydrogens is 287 g/mol. The SMILES string of the molecule is CNCCCN(C)S(=O)(=O)NCCOCC(F)(F)F. The molecule has 6 nitrogen and oxygen atoms in total. The Morgan fingerprint density at radius 2 is 1.89 bits per heavy atom. The highest BCUT2D eigenvalue weighted by molar-refractivity contribution is 7.87. The maximum atomic E-state index is 11.7. The molecule has 116 valence electrons. The molecule has 0 rings (SSSR count). The summed E-state index contributed by atoms with van der Waals surface area (Å²) in [5.74, 6) is 0. The van der Waals surface area contributed by atoms with Crippen LogP contribution in [0.15, 0.2) is 0 Å². The van der Waals surface area contributed by atoms with Gasteiger partial charge in [-0.1, -0.05) is 0 Å². The van der Waals surface area contributed by atoms with Crippen molar-refractivity contribution >= 4 is 10.2 Å². The van der Waals surface area contributed by atoms with Crippen LogP contribution in [-0.4, -0.2) is 65.8 Å². The number of rotatable bonds is 10. The van der Waals surface area contributed by atoms with Crippen LogP contribution in [0.25, 0.3) is 0 Å². The van der Waals surface area contributed by atoms with Crippen molar-refractivity contribution in [3.63, 3.8) is 0 Å². The highest BCUT2D eigenvalue weighted by Crippen LogP contribution is 2.13. The lowest BCUT2D eigenvalue weighted by molar-refractivity contribution is -0.173. The zero-order valence-electron chi connectivity index (χ0n) is 11.0. The smallest absolute Gasteiger partial charge is 0.371 e. The molecule has 0 aromatic carbocycles. The van der Waals surface area contributed by atoms with E-state index in [0.29, 0.717) is 19.5 Å². The van der Waals surface area contributed by atoms with Crippen molar-refractivity contribution in [1.82, 2.24) is 14.3 Å². The van der Waals surface area contributed by atoms with Gasteiger partial charge >= 0.3 is 6.18 Å². The zero-order chi connectivity index (χ0) is 14.9. The molecule has 0 unspecified atom stereocenters. The van der Waals surface area contributed by atoms with Crippen molar-refractivity contribution in [2.75, 3.05) is 46.9 Å². The van der Waals surface area contributed by atoms with Crippen LogP contribution in [0.5, 0.6) is 0 Å². The maximum absolute atomic E-state index is 11.7. The molecule has 0 aromatic heterocycles. The summed E-state index contributed by atoms with van der Waals surface area (Å²) < 4.78 is 66.0. The first kappa shape index (κ1) is 18.6. The summed E-state index contributed by atoms with van der Waals surface area (Å²) in [7, 11) is -0.510. The molecule has 0 aliphatic carbocycles. The first-order chi connectivity index (χ1) is 8.69. The lowest BCUT2D eigenvalue weighted by Crippen LogP contribution is -2.40. The Morgan fingerprint density at radius 3 is 2.42 bits per heavy atom. The summed E-state index contributed by atoms with van der Waals surface area (Å²) >= 11 is 0. The van der Waals surface area contributed by atoms with Crippen LogP contribution >= 0.6 is 0 Å². The minimum absolute atomic E-state index is 0.200. The Bertz CT molecular complexity index is 335. The van der Waals surface area contributed by atoms with E-state index in [0.717, 1.165) is 4.31 Å². The Morgan fingerprint density at radius 1 is 1.26 bits per heavy atom. The number of nitrogens with one attached hydrogen (secondary N) is 2. The number of hydrogen-bond donors (Lipinski definition) is 2. The van der Waals surface area contributed by atoms with Gasteiger partial charge in [0, 0.05) is 20.1 Å². The second kappa shape index (κ2) is 8.69. The first-order valence-electron chi connectivity index (χ1n) is 5.69. The standard InChI is InChI=1S/C9H20F3N3O3S/c1-13-4-3-6-15(2)19(16,17)14-5-7-18-8-9(10,11)12/h13-14H,3-8H2,1-2H3. The van der Waals surface area contributed by atoms with Crippen LogP contribution in [0, 0.1) is 0 Å². The van der Waals surface area contributed by atoms with Crippen LogP contribution < -0.4 is 10.0 Å². The van der Waals surface area contributed by atoms with Gasteiger partial charge in [0.1, 0.15) is 6.61 Å². The summed E-state index contributed by atoms with van der Waals surface area (Å²) in [5, 5.41) is 2.88. The minimum Gasteiger partial charge on any atom is -0.371 e. The Balaban J connectivity index is 3.84. The third-order valence-corrected chi connectivity index (χ3v) is 3.68. The van der Waals surface area contributed by atoms with E-state index in [1.54, 1.807) is 7.05 Å². The van der Waals surface area contributed by atoms with Crippen LogP contribution in [0.1, 0.15) is 6.42 Å². The predicted octanol–water partition coefficient (Wildman–Crippen LogP) is -0.0590. The molecule has 0 aliphatic rings. The van der Waals surface area contributed by atoms with E-state index in [4.69, 9.17) is 0 Å². The Kier molecular flexibility index (Phi) is 8.50. The van der Waals surface area contributed by atoms with E-state index < -0.39 is 23.0 Å². The van der Waals surface area contributed by atoms with Crippen molar-refractivity contribution in [2.45, 2.75) is 12.6 Å². The maximum Gasteiger partial charge on any atom is 0.411 e. The van der Waals surface area contributed by atoms with Gasteiger partial charge in [-0.3, -0.25) is 0 Å². The summed E-state index contributed by atoms with van der Waals surface area (Å²) in [4.78, 5) is 0. The molecule has 0 radical (unpaired) electrons. The molecule has 0 saturated carbocycles. The monoisotopic (exact) mass is 307 g/mol. The fourth-order valence-electron chi connectivity index (χ4n) is 1.14. The average molecular weight is 307 g/mol. The van der Waals surface area contributed by atoms with Gasteiger partial charge in [0.25, 0.3) is 10.2 Å². The van der Waals surface area contributed by atoms with Crippen molar-refractivity contribution < 1.29 is 26.3 Å². The minimum atomic E-state index is -4.40. The molecule has 0 bridgehead atoms. The molecule has 0 fully saturated rings. The molecule has 0 amide bonds. The predicted molar refractivity (Wildman–Crippen MR) is 65.0 cm³/mol. The van der Waals surface area contributed by atoms with Crippen LogP contribution in [0.3, 0.4) is 0 Å². The number of hydrogen-bond acceptors (Lipinski definition) is 4.